The Morgan fingerprint density at radius 3 is 2.85 bits per heavy atom. The Hall–Kier alpha value is -2.69. The van der Waals surface area contributed by atoms with Gasteiger partial charge >= 0.3 is 0 Å². The van der Waals surface area contributed by atoms with Crippen LogP contribution in [0.4, 0.5) is 5.69 Å². The number of carboxylic acid groups (broad SMARTS) is 1. The molecule has 8 nitrogen and oxygen atoms in total. The van der Waals surface area contributed by atoms with Gasteiger partial charge in [0.05, 0.1) is 28.9 Å². The van der Waals surface area contributed by atoms with E-state index in [9.17, 15) is 14.7 Å². The van der Waals surface area contributed by atoms with Crippen LogP contribution in [0.25, 0.3) is 10.8 Å². The maximum atomic E-state index is 11.9. The molecule has 0 saturated carbocycles. The summed E-state index contributed by atoms with van der Waals surface area (Å²) in [5.74, 6) is -0.346. The van der Waals surface area contributed by atoms with Crippen molar-refractivity contribution < 1.29 is 24.0 Å². The van der Waals surface area contributed by atoms with E-state index in [2.05, 4.69) is 15.5 Å². The molecule has 10 heteroatoms. The number of nitrogens with zero attached hydrogens (tertiary/aromatic N) is 2. The number of aliphatic carboxylic acids is 1. The number of thiophene rings is 1. The highest BCUT2D eigenvalue weighted by Crippen LogP contribution is 2.30. The second-order valence-electron chi connectivity index (χ2n) is 5.19. The van der Waals surface area contributed by atoms with E-state index in [1.165, 1.54) is 23.1 Å². The number of ether oxygens (including phenoxy) is 1. The van der Waals surface area contributed by atoms with Gasteiger partial charge in [-0.05, 0) is 23.6 Å². The summed E-state index contributed by atoms with van der Waals surface area (Å²) in [6.45, 7) is -1.00. The van der Waals surface area contributed by atoms with Gasteiger partial charge in [-0.1, -0.05) is 23.4 Å². The second-order valence-corrected chi connectivity index (χ2v) is 7.16. The molecule has 2 heterocycles. The van der Waals surface area contributed by atoms with Crippen molar-refractivity contribution >= 4 is 40.7 Å². The number of rotatable bonds is 9. The van der Waals surface area contributed by atoms with Crippen molar-refractivity contribution in [1.29, 1.82) is 0 Å². The number of anilines is 1. The fraction of sp³-hybridized carbons (Fsp3) is 0.176. The highest BCUT2D eigenvalue weighted by Gasteiger charge is 2.12. The molecule has 27 heavy (non-hydrogen) atoms. The molecule has 1 aromatic carbocycles. The molecule has 0 spiro atoms. The molecule has 3 rings (SSSR count). The van der Waals surface area contributed by atoms with E-state index in [0.29, 0.717) is 23.2 Å². The molecular weight excluding hydrogens is 390 g/mol. The molecule has 1 amide bonds. The van der Waals surface area contributed by atoms with Crippen LogP contribution in [0, 0.1) is 0 Å². The fourth-order valence-corrected chi connectivity index (χ4v) is 3.56. The zero-order valence-corrected chi connectivity index (χ0v) is 15.5. The molecule has 0 saturated heterocycles. The maximum Gasteiger partial charge on any atom is 0.268 e. The first kappa shape index (κ1) is 19.1. The second kappa shape index (κ2) is 9.31. The number of hydrogen-bond acceptors (Lipinski definition) is 9. The third-order valence-electron chi connectivity index (χ3n) is 3.17. The summed E-state index contributed by atoms with van der Waals surface area (Å²) in [6, 6.07) is 11.0. The first-order chi connectivity index (χ1) is 13.1. The Labute approximate surface area is 162 Å². The number of thioether (sulfide) groups is 1. The first-order valence-corrected chi connectivity index (χ1v) is 9.64. The zero-order chi connectivity index (χ0) is 19.1. The summed E-state index contributed by atoms with van der Waals surface area (Å²) in [5, 5.41) is 18.9. The van der Waals surface area contributed by atoms with Crippen LogP contribution in [0.15, 0.2) is 51.2 Å². The SMILES string of the molecule is O=C([O-])COCC(=O)Nc1ccccc1SCc1noc(-c2cccs2)n1. The van der Waals surface area contributed by atoms with Crippen LogP contribution in [0.2, 0.25) is 0 Å². The van der Waals surface area contributed by atoms with Crippen LogP contribution >= 0.6 is 23.1 Å². The van der Waals surface area contributed by atoms with Crippen LogP contribution in [-0.2, 0) is 20.1 Å². The molecule has 0 radical (unpaired) electrons. The largest absolute Gasteiger partial charge is 0.548 e. The first-order valence-electron chi connectivity index (χ1n) is 7.77. The van der Waals surface area contributed by atoms with Gasteiger partial charge in [0.1, 0.15) is 6.61 Å². The van der Waals surface area contributed by atoms with Crippen molar-refractivity contribution in [2.75, 3.05) is 18.5 Å². The minimum Gasteiger partial charge on any atom is -0.548 e. The molecule has 3 aromatic rings. The minimum atomic E-state index is -1.37. The van der Waals surface area contributed by atoms with E-state index in [0.717, 1.165) is 9.77 Å². The molecule has 0 aliphatic heterocycles. The van der Waals surface area contributed by atoms with Gasteiger partial charge in [-0.2, -0.15) is 4.98 Å². The van der Waals surface area contributed by atoms with Gasteiger partial charge < -0.3 is 24.5 Å². The number of benzene rings is 1. The number of aromatic nitrogens is 2. The van der Waals surface area contributed by atoms with Gasteiger partial charge in [0.2, 0.25) is 5.91 Å². The number of para-hydroxylation sites is 1. The predicted octanol–water partition coefficient (Wildman–Crippen LogP) is 1.80. The van der Waals surface area contributed by atoms with E-state index >= 15 is 0 Å². The molecule has 2 aromatic heterocycles. The van der Waals surface area contributed by atoms with E-state index in [1.807, 2.05) is 29.6 Å². The molecule has 0 unspecified atom stereocenters. The van der Waals surface area contributed by atoms with Crippen molar-refractivity contribution in [3.05, 3.63) is 47.6 Å². The fourth-order valence-electron chi connectivity index (χ4n) is 2.06. The highest BCUT2D eigenvalue weighted by atomic mass is 32.2. The summed E-state index contributed by atoms with van der Waals surface area (Å²) in [6.07, 6.45) is 0. The van der Waals surface area contributed by atoms with Crippen LogP contribution < -0.4 is 10.4 Å². The number of carbonyl (C=O) groups excluding carboxylic acids is 2. The molecule has 0 aliphatic carbocycles. The minimum absolute atomic E-state index is 0.373. The number of carbonyl (C=O) groups is 2. The van der Waals surface area contributed by atoms with E-state index in [1.54, 1.807) is 12.1 Å². The lowest BCUT2D eigenvalue weighted by molar-refractivity contribution is -0.309. The number of amides is 1. The number of carboxylic acids is 1. The average Bonchev–Trinajstić information content (AvgIpc) is 3.32. The lowest BCUT2D eigenvalue weighted by Gasteiger charge is -2.10. The van der Waals surface area contributed by atoms with Gasteiger partial charge in [-0.3, -0.25) is 4.79 Å². The van der Waals surface area contributed by atoms with E-state index in [-0.39, 0.29) is 6.61 Å². The van der Waals surface area contributed by atoms with Crippen molar-refractivity contribution in [2.24, 2.45) is 0 Å². The van der Waals surface area contributed by atoms with Crippen molar-refractivity contribution in [2.45, 2.75) is 10.6 Å². The van der Waals surface area contributed by atoms with Crippen LogP contribution in [0.5, 0.6) is 0 Å². The quantitative estimate of drug-likeness (QED) is 0.537. The van der Waals surface area contributed by atoms with E-state index in [4.69, 9.17) is 9.26 Å². The third-order valence-corrected chi connectivity index (χ3v) is 5.10. The van der Waals surface area contributed by atoms with Crippen LogP contribution in [0.1, 0.15) is 5.82 Å². The van der Waals surface area contributed by atoms with Gasteiger partial charge in [0, 0.05) is 4.90 Å². The van der Waals surface area contributed by atoms with Crippen molar-refractivity contribution in [1.82, 2.24) is 10.1 Å². The van der Waals surface area contributed by atoms with Gasteiger partial charge in [-0.25, -0.2) is 0 Å². The Kier molecular flexibility index (Phi) is 6.58. The molecule has 1 N–H and O–H groups in total. The summed E-state index contributed by atoms with van der Waals surface area (Å²) < 4.78 is 9.98. The molecular formula is C17H14N3O5S2-. The van der Waals surface area contributed by atoms with Gasteiger partial charge in [0.25, 0.3) is 5.89 Å². The smallest absolute Gasteiger partial charge is 0.268 e. The molecule has 0 fully saturated rings. The van der Waals surface area contributed by atoms with Crippen molar-refractivity contribution in [3.63, 3.8) is 0 Å². The Balaban J connectivity index is 1.57. The lowest BCUT2D eigenvalue weighted by Crippen LogP contribution is -2.29. The average molecular weight is 404 g/mol. The van der Waals surface area contributed by atoms with Crippen molar-refractivity contribution in [3.8, 4) is 10.8 Å². The highest BCUT2D eigenvalue weighted by molar-refractivity contribution is 7.98. The maximum absolute atomic E-state index is 11.9. The summed E-state index contributed by atoms with van der Waals surface area (Å²) in [4.78, 5) is 28.2. The predicted molar refractivity (Wildman–Crippen MR) is 98.1 cm³/mol. The number of hydrogen-bond donors (Lipinski definition) is 1. The van der Waals surface area contributed by atoms with Crippen LogP contribution in [0.3, 0.4) is 0 Å². The summed E-state index contributed by atoms with van der Waals surface area (Å²) >= 11 is 2.96. The van der Waals surface area contributed by atoms with Gasteiger partial charge in [-0.15, -0.1) is 23.1 Å². The van der Waals surface area contributed by atoms with E-state index < -0.39 is 18.5 Å². The normalized spacial score (nSPS) is 10.7. The molecule has 140 valence electrons. The Morgan fingerprint density at radius 1 is 1.22 bits per heavy atom. The monoisotopic (exact) mass is 404 g/mol. The molecule has 0 bridgehead atoms. The molecule has 0 atom stereocenters. The third kappa shape index (κ3) is 5.64. The summed E-state index contributed by atoms with van der Waals surface area (Å²) in [7, 11) is 0. The standard InChI is InChI=1S/C17H15N3O5S2/c21-15(8-24-9-16(22)23)18-11-4-1-2-5-12(11)27-10-14-19-17(25-20-14)13-6-3-7-26-13/h1-7H,8-10H2,(H,18,21)(H,22,23)/p-1. The number of nitrogens with one attached hydrogen (secondary N) is 1. The Bertz CT molecular complexity index is 911. The van der Waals surface area contributed by atoms with Crippen LogP contribution in [-0.4, -0.2) is 35.2 Å². The topological polar surface area (TPSA) is 117 Å². The Morgan fingerprint density at radius 2 is 2.07 bits per heavy atom. The van der Waals surface area contributed by atoms with Gasteiger partial charge in [0.15, 0.2) is 5.82 Å². The summed E-state index contributed by atoms with van der Waals surface area (Å²) in [5.41, 5.74) is 0.589. The zero-order valence-electron chi connectivity index (χ0n) is 13.9. The molecule has 0 aliphatic rings. The lowest BCUT2D eigenvalue weighted by atomic mass is 10.3.